The third kappa shape index (κ3) is 4.56. The van der Waals surface area contributed by atoms with Crippen molar-refractivity contribution in [1.29, 1.82) is 0 Å². The van der Waals surface area contributed by atoms with E-state index < -0.39 is 11.8 Å². The summed E-state index contributed by atoms with van der Waals surface area (Å²) in [5.74, 6) is 0.900. The van der Waals surface area contributed by atoms with Crippen LogP contribution < -0.4 is 10.6 Å². The average Bonchev–Trinajstić information content (AvgIpc) is 3.28. The first-order valence-corrected chi connectivity index (χ1v) is 10.8. The number of likely N-dealkylation sites (N-methyl/N-ethyl adjacent to an activating group) is 1. The van der Waals surface area contributed by atoms with Crippen LogP contribution in [0.15, 0.2) is 24.3 Å². The monoisotopic (exact) mass is 401 g/mol. The van der Waals surface area contributed by atoms with Gasteiger partial charge in [0.25, 0.3) is 0 Å². The first kappa shape index (κ1) is 20.4. The first-order valence-electron chi connectivity index (χ1n) is 9.60. The number of hydrogen-bond donors (Lipinski definition) is 2. The summed E-state index contributed by atoms with van der Waals surface area (Å²) in [5.41, 5.74) is 3.97. The summed E-state index contributed by atoms with van der Waals surface area (Å²) in [7, 11) is 0. The Morgan fingerprint density at radius 1 is 1.14 bits per heavy atom. The predicted octanol–water partition coefficient (Wildman–Crippen LogP) is 2.32. The highest BCUT2D eigenvalue weighted by atomic mass is 32.2. The molecule has 2 heterocycles. The van der Waals surface area contributed by atoms with Gasteiger partial charge in [-0.05, 0) is 32.1 Å². The quantitative estimate of drug-likeness (QED) is 0.696. The van der Waals surface area contributed by atoms with Gasteiger partial charge in [0.2, 0.25) is 0 Å². The number of aryl methyl sites for hydroxylation is 1. The van der Waals surface area contributed by atoms with E-state index in [9.17, 15) is 9.59 Å². The summed E-state index contributed by atoms with van der Waals surface area (Å²) in [5, 5.41) is 10.1. The van der Waals surface area contributed by atoms with Crippen molar-refractivity contribution in [2.24, 2.45) is 0 Å². The largest absolute Gasteiger partial charge is 0.347 e. The third-order valence-corrected chi connectivity index (χ3v) is 5.85. The van der Waals surface area contributed by atoms with Crippen molar-refractivity contribution < 1.29 is 9.59 Å². The van der Waals surface area contributed by atoms with Crippen molar-refractivity contribution in [2.75, 3.05) is 31.5 Å². The first-order chi connectivity index (χ1) is 13.5. The van der Waals surface area contributed by atoms with Crippen LogP contribution in [0, 0.1) is 6.92 Å². The molecule has 1 aliphatic rings. The van der Waals surface area contributed by atoms with E-state index in [1.807, 2.05) is 31.2 Å². The molecule has 0 radical (unpaired) electrons. The highest BCUT2D eigenvalue weighted by Gasteiger charge is 2.26. The minimum absolute atomic E-state index is 0.444. The zero-order chi connectivity index (χ0) is 20.1. The molecule has 0 atom stereocenters. The molecule has 0 saturated carbocycles. The number of rotatable bonds is 7. The minimum Gasteiger partial charge on any atom is -0.347 e. The molecule has 0 spiro atoms. The fraction of sp³-hybridized carbons (Fsp3) is 0.450. The molecule has 3 rings (SSSR count). The van der Waals surface area contributed by atoms with Crippen LogP contribution in [0.2, 0.25) is 0 Å². The summed E-state index contributed by atoms with van der Waals surface area (Å²) >= 11 is 1.75. The Bertz CT molecular complexity index is 843. The predicted molar refractivity (Wildman–Crippen MR) is 113 cm³/mol. The summed E-state index contributed by atoms with van der Waals surface area (Å²) in [6.45, 7) is 9.16. The fourth-order valence-electron chi connectivity index (χ4n) is 3.13. The highest BCUT2D eigenvalue weighted by molar-refractivity contribution is 7.98. The van der Waals surface area contributed by atoms with Crippen molar-refractivity contribution >= 4 is 29.4 Å². The Balaban J connectivity index is 1.72. The SMILES string of the molecule is CCN(CC)CCNC(=O)C(=O)Nc1c2c(nn1-c1ccc(C)cc1)CSC2. The molecule has 0 unspecified atom stereocenters. The lowest BCUT2D eigenvalue weighted by Crippen LogP contribution is -2.40. The number of hydrogen-bond acceptors (Lipinski definition) is 5. The van der Waals surface area contributed by atoms with Gasteiger partial charge in [-0.15, -0.1) is 0 Å². The van der Waals surface area contributed by atoms with Gasteiger partial charge in [0.05, 0.1) is 11.4 Å². The molecule has 1 aromatic carbocycles. The Labute approximate surface area is 169 Å². The Kier molecular flexibility index (Phi) is 6.74. The van der Waals surface area contributed by atoms with Gasteiger partial charge >= 0.3 is 11.8 Å². The summed E-state index contributed by atoms with van der Waals surface area (Å²) in [6, 6.07) is 7.93. The van der Waals surface area contributed by atoms with Gasteiger partial charge in [-0.3, -0.25) is 9.59 Å². The standard InChI is InChI=1S/C20H27N5O2S/c1-4-24(5-2)11-10-21-19(26)20(27)22-18-16-12-28-13-17(16)23-25(18)15-8-6-14(3)7-9-15/h6-9H,4-5,10-13H2,1-3H3,(H,21,26)(H,22,27). The van der Waals surface area contributed by atoms with Crippen LogP contribution in [-0.2, 0) is 21.1 Å². The van der Waals surface area contributed by atoms with Crippen molar-refractivity contribution in [3.05, 3.63) is 41.1 Å². The second-order valence-corrected chi connectivity index (χ2v) is 7.74. The maximum Gasteiger partial charge on any atom is 0.314 e. The van der Waals surface area contributed by atoms with Gasteiger partial charge in [-0.1, -0.05) is 31.5 Å². The molecule has 2 amide bonds. The fourth-order valence-corrected chi connectivity index (χ4v) is 4.16. The number of benzene rings is 1. The smallest absolute Gasteiger partial charge is 0.314 e. The van der Waals surface area contributed by atoms with Gasteiger partial charge < -0.3 is 15.5 Å². The lowest BCUT2D eigenvalue weighted by molar-refractivity contribution is -0.136. The number of anilines is 1. The van der Waals surface area contributed by atoms with E-state index >= 15 is 0 Å². The van der Waals surface area contributed by atoms with E-state index in [1.54, 1.807) is 16.4 Å². The zero-order valence-corrected chi connectivity index (χ0v) is 17.4. The van der Waals surface area contributed by atoms with Crippen molar-refractivity contribution in [1.82, 2.24) is 20.0 Å². The molecule has 2 N–H and O–H groups in total. The Hall–Kier alpha value is -2.32. The molecular formula is C20H27N5O2S. The minimum atomic E-state index is -0.660. The van der Waals surface area contributed by atoms with Crippen LogP contribution in [-0.4, -0.2) is 52.7 Å². The number of nitrogens with zero attached hydrogens (tertiary/aromatic N) is 3. The van der Waals surface area contributed by atoms with Crippen molar-refractivity contribution in [3.8, 4) is 5.69 Å². The molecule has 8 heteroatoms. The maximum atomic E-state index is 12.5. The highest BCUT2D eigenvalue weighted by Crippen LogP contribution is 2.36. The van der Waals surface area contributed by atoms with Crippen LogP contribution in [0.3, 0.4) is 0 Å². The van der Waals surface area contributed by atoms with Crippen LogP contribution in [0.4, 0.5) is 5.82 Å². The second-order valence-electron chi connectivity index (χ2n) is 6.75. The number of nitrogens with one attached hydrogen (secondary N) is 2. The van der Waals surface area contributed by atoms with E-state index in [1.165, 1.54) is 0 Å². The molecule has 0 bridgehead atoms. The van der Waals surface area contributed by atoms with E-state index in [4.69, 9.17) is 0 Å². The molecule has 7 nitrogen and oxygen atoms in total. The number of thioether (sulfide) groups is 1. The van der Waals surface area contributed by atoms with Gasteiger partial charge in [0.15, 0.2) is 0 Å². The second kappa shape index (κ2) is 9.25. The lowest BCUT2D eigenvalue weighted by Gasteiger charge is -2.17. The Morgan fingerprint density at radius 3 is 2.54 bits per heavy atom. The summed E-state index contributed by atoms with van der Waals surface area (Å²) in [4.78, 5) is 26.9. The summed E-state index contributed by atoms with van der Waals surface area (Å²) < 4.78 is 1.73. The molecule has 1 aromatic heterocycles. The number of aromatic nitrogens is 2. The molecular weight excluding hydrogens is 374 g/mol. The molecule has 0 saturated heterocycles. The number of carbonyl (C=O) groups excluding carboxylic acids is 2. The zero-order valence-electron chi connectivity index (χ0n) is 16.6. The van der Waals surface area contributed by atoms with Gasteiger partial charge in [0.1, 0.15) is 5.82 Å². The van der Waals surface area contributed by atoms with Gasteiger partial charge in [-0.2, -0.15) is 16.9 Å². The van der Waals surface area contributed by atoms with E-state index in [-0.39, 0.29) is 0 Å². The molecule has 0 fully saturated rings. The summed E-state index contributed by atoms with van der Waals surface area (Å²) in [6.07, 6.45) is 0. The van der Waals surface area contributed by atoms with Crippen LogP contribution in [0.5, 0.6) is 0 Å². The van der Waals surface area contributed by atoms with Crippen LogP contribution in [0.25, 0.3) is 5.69 Å². The lowest BCUT2D eigenvalue weighted by atomic mass is 10.2. The van der Waals surface area contributed by atoms with Crippen molar-refractivity contribution in [3.63, 3.8) is 0 Å². The van der Waals surface area contributed by atoms with Crippen molar-refractivity contribution in [2.45, 2.75) is 32.3 Å². The third-order valence-electron chi connectivity index (χ3n) is 4.88. The van der Waals surface area contributed by atoms with Crippen LogP contribution in [0.1, 0.15) is 30.7 Å². The van der Waals surface area contributed by atoms with E-state index in [0.29, 0.717) is 12.4 Å². The number of fused-ring (bicyclic) bond motifs is 1. The average molecular weight is 402 g/mol. The van der Waals surface area contributed by atoms with E-state index in [2.05, 4.69) is 34.5 Å². The maximum absolute atomic E-state index is 12.5. The molecule has 28 heavy (non-hydrogen) atoms. The molecule has 0 aliphatic carbocycles. The van der Waals surface area contributed by atoms with Gasteiger partial charge in [0, 0.05) is 30.2 Å². The van der Waals surface area contributed by atoms with Gasteiger partial charge in [-0.25, -0.2) is 4.68 Å². The van der Waals surface area contributed by atoms with Crippen LogP contribution >= 0.6 is 11.8 Å². The normalized spacial score (nSPS) is 12.9. The number of amides is 2. The molecule has 1 aliphatic heterocycles. The topological polar surface area (TPSA) is 79.3 Å². The van der Waals surface area contributed by atoms with E-state index in [0.717, 1.165) is 53.6 Å². The Morgan fingerprint density at radius 2 is 1.86 bits per heavy atom. The number of carbonyl (C=O) groups is 2. The molecule has 2 aromatic rings. The molecule has 150 valence electrons.